The molecule has 2 nitrogen and oxygen atoms in total. The summed E-state index contributed by atoms with van der Waals surface area (Å²) in [5.74, 6) is 0.914. The zero-order valence-corrected chi connectivity index (χ0v) is 12.4. The molecule has 5 heteroatoms. The van der Waals surface area contributed by atoms with Gasteiger partial charge in [-0.2, -0.15) is 0 Å². The number of hydrogen-bond donors (Lipinski definition) is 1. The number of hydrogen-bond acceptors (Lipinski definition) is 3. The van der Waals surface area contributed by atoms with Crippen LogP contribution < -0.4 is 4.74 Å². The third-order valence-electron chi connectivity index (χ3n) is 3.23. The molecule has 3 rings (SSSR count). The van der Waals surface area contributed by atoms with E-state index >= 15 is 0 Å². The first-order chi connectivity index (χ1) is 9.15. The smallest absolute Gasteiger partial charge is 0.122 e. The largest absolute Gasteiger partial charge is 0.493 e. The lowest BCUT2D eigenvalue weighted by molar-refractivity contribution is 0.220. The van der Waals surface area contributed by atoms with Crippen molar-refractivity contribution in [3.63, 3.8) is 0 Å². The fourth-order valence-corrected chi connectivity index (χ4v) is 3.79. The van der Waals surface area contributed by atoms with E-state index in [4.69, 9.17) is 27.9 Å². The van der Waals surface area contributed by atoms with Crippen LogP contribution in [0.25, 0.3) is 0 Å². The normalized spacial score (nSPS) is 15.7. The molecule has 19 heavy (non-hydrogen) atoms. The van der Waals surface area contributed by atoms with Crippen molar-refractivity contribution in [2.45, 2.75) is 18.9 Å². The molecule has 1 unspecified atom stereocenters. The summed E-state index contributed by atoms with van der Waals surface area (Å²) in [5, 5.41) is 10.4. The van der Waals surface area contributed by atoms with Crippen LogP contribution in [0, 0.1) is 0 Å². The molecule has 1 aromatic carbocycles. The average Bonchev–Trinajstić information content (AvgIpc) is 2.76. The first-order valence-electron chi connectivity index (χ1n) is 6.03. The first kappa shape index (κ1) is 13.3. The van der Waals surface area contributed by atoms with Gasteiger partial charge in [-0.3, -0.25) is 0 Å². The second kappa shape index (κ2) is 5.33. The Morgan fingerprint density at radius 2 is 2.11 bits per heavy atom. The molecule has 0 aliphatic carbocycles. The predicted octanol–water partition coefficient (Wildman–Crippen LogP) is 4.46. The maximum Gasteiger partial charge on any atom is 0.122 e. The van der Waals surface area contributed by atoms with Gasteiger partial charge in [0.2, 0.25) is 0 Å². The van der Waals surface area contributed by atoms with E-state index in [1.807, 2.05) is 18.2 Å². The Kier molecular flexibility index (Phi) is 3.72. The number of fused-ring (bicyclic) bond motifs is 1. The lowest BCUT2D eigenvalue weighted by Crippen LogP contribution is -2.09. The summed E-state index contributed by atoms with van der Waals surface area (Å²) < 4.78 is 6.68. The van der Waals surface area contributed by atoms with E-state index in [2.05, 4.69) is 0 Å². The number of aliphatic hydroxyl groups excluding tert-OH is 1. The van der Waals surface area contributed by atoms with Crippen molar-refractivity contribution in [2.75, 3.05) is 6.61 Å². The summed E-state index contributed by atoms with van der Waals surface area (Å²) in [6.45, 7) is 0.765. The Morgan fingerprint density at radius 3 is 2.84 bits per heavy atom. The second-order valence-electron chi connectivity index (χ2n) is 4.50. The van der Waals surface area contributed by atoms with Crippen LogP contribution in [-0.4, -0.2) is 11.7 Å². The molecule has 0 fully saturated rings. The van der Waals surface area contributed by atoms with Crippen molar-refractivity contribution in [1.29, 1.82) is 0 Å². The lowest BCUT2D eigenvalue weighted by Gasteiger charge is -2.19. The standard InChI is InChI=1S/C14H12Cl2O2S/c15-12-7-10(14(16)19-12)13(17)9-3-4-11-8(6-9)2-1-5-18-11/h3-4,6-7,13,17H,1-2,5H2. The van der Waals surface area contributed by atoms with Crippen molar-refractivity contribution in [2.24, 2.45) is 0 Å². The van der Waals surface area contributed by atoms with Crippen LogP contribution in [-0.2, 0) is 6.42 Å². The summed E-state index contributed by atoms with van der Waals surface area (Å²) in [7, 11) is 0. The van der Waals surface area contributed by atoms with Gasteiger partial charge in [0.25, 0.3) is 0 Å². The molecule has 2 heterocycles. The van der Waals surface area contributed by atoms with Crippen molar-refractivity contribution >= 4 is 34.5 Å². The van der Waals surface area contributed by atoms with Crippen molar-refractivity contribution in [3.05, 3.63) is 49.6 Å². The van der Waals surface area contributed by atoms with E-state index in [-0.39, 0.29) is 0 Å². The van der Waals surface area contributed by atoms with Crippen LogP contribution in [0.4, 0.5) is 0 Å². The topological polar surface area (TPSA) is 29.5 Å². The van der Waals surface area contributed by atoms with E-state index in [0.717, 1.165) is 36.3 Å². The highest BCUT2D eigenvalue weighted by molar-refractivity contribution is 7.20. The Morgan fingerprint density at radius 1 is 1.26 bits per heavy atom. The molecule has 0 saturated carbocycles. The van der Waals surface area contributed by atoms with Gasteiger partial charge >= 0.3 is 0 Å². The molecule has 0 spiro atoms. The third-order valence-corrected chi connectivity index (χ3v) is 4.74. The van der Waals surface area contributed by atoms with Gasteiger partial charge in [0.1, 0.15) is 16.2 Å². The number of aliphatic hydroxyl groups is 1. The minimum absolute atomic E-state index is 0.534. The fraction of sp³-hybridized carbons (Fsp3) is 0.286. The van der Waals surface area contributed by atoms with Crippen molar-refractivity contribution in [1.82, 2.24) is 0 Å². The molecule has 1 N–H and O–H groups in total. The van der Waals surface area contributed by atoms with Crippen LogP contribution >= 0.6 is 34.5 Å². The molecular weight excluding hydrogens is 303 g/mol. The van der Waals surface area contributed by atoms with E-state index in [0.29, 0.717) is 14.2 Å². The average molecular weight is 315 g/mol. The van der Waals surface area contributed by atoms with Gasteiger partial charge in [0, 0.05) is 5.56 Å². The molecule has 1 aliphatic rings. The van der Waals surface area contributed by atoms with E-state index in [1.54, 1.807) is 6.07 Å². The number of ether oxygens (including phenoxy) is 1. The molecule has 1 aromatic heterocycles. The van der Waals surface area contributed by atoms with Gasteiger partial charge in [-0.05, 0) is 42.2 Å². The summed E-state index contributed by atoms with van der Waals surface area (Å²) in [6, 6.07) is 7.49. The van der Waals surface area contributed by atoms with E-state index < -0.39 is 6.10 Å². The zero-order valence-electron chi connectivity index (χ0n) is 10.0. The Hall–Kier alpha value is -0.740. The predicted molar refractivity (Wildman–Crippen MR) is 78.7 cm³/mol. The maximum absolute atomic E-state index is 10.4. The monoisotopic (exact) mass is 314 g/mol. The maximum atomic E-state index is 10.4. The Balaban J connectivity index is 1.95. The summed E-state index contributed by atoms with van der Waals surface area (Å²) in [6.07, 6.45) is 1.24. The number of halogens is 2. The van der Waals surface area contributed by atoms with Crippen molar-refractivity contribution < 1.29 is 9.84 Å². The highest BCUT2D eigenvalue weighted by Gasteiger charge is 2.19. The van der Waals surface area contributed by atoms with Gasteiger partial charge in [-0.1, -0.05) is 29.3 Å². The first-order valence-corrected chi connectivity index (χ1v) is 7.61. The molecule has 1 aliphatic heterocycles. The highest BCUT2D eigenvalue weighted by Crippen LogP contribution is 2.38. The molecule has 0 amide bonds. The summed E-state index contributed by atoms with van der Waals surface area (Å²) in [4.78, 5) is 0. The van der Waals surface area contributed by atoms with Crippen LogP contribution in [0.3, 0.4) is 0 Å². The minimum Gasteiger partial charge on any atom is -0.493 e. The van der Waals surface area contributed by atoms with Gasteiger partial charge in [-0.25, -0.2) is 0 Å². The highest BCUT2D eigenvalue weighted by atomic mass is 35.5. The SMILES string of the molecule is OC(c1ccc2c(c1)CCCO2)c1cc(Cl)sc1Cl. The van der Waals surface area contributed by atoms with Gasteiger partial charge < -0.3 is 9.84 Å². The van der Waals surface area contributed by atoms with Crippen LogP contribution in [0.1, 0.15) is 29.2 Å². The van der Waals surface area contributed by atoms with E-state index in [9.17, 15) is 5.11 Å². The van der Waals surface area contributed by atoms with Gasteiger partial charge in [0.15, 0.2) is 0 Å². The van der Waals surface area contributed by atoms with Gasteiger partial charge in [0.05, 0.1) is 10.9 Å². The summed E-state index contributed by atoms with van der Waals surface area (Å²) >= 11 is 13.3. The number of benzene rings is 1. The Labute approximate surface area is 125 Å². The number of aryl methyl sites for hydroxylation is 1. The Bertz CT molecular complexity index is 609. The summed E-state index contributed by atoms with van der Waals surface area (Å²) in [5.41, 5.74) is 2.62. The third kappa shape index (κ3) is 2.61. The molecule has 0 radical (unpaired) electrons. The minimum atomic E-state index is -0.747. The van der Waals surface area contributed by atoms with Crippen LogP contribution in [0.2, 0.25) is 8.67 Å². The number of rotatable bonds is 2. The molecular formula is C14H12Cl2O2S. The molecule has 100 valence electrons. The second-order valence-corrected chi connectivity index (χ2v) is 6.79. The van der Waals surface area contributed by atoms with Gasteiger partial charge in [-0.15, -0.1) is 11.3 Å². The molecule has 1 atom stereocenters. The lowest BCUT2D eigenvalue weighted by atomic mass is 9.98. The number of thiophene rings is 1. The molecule has 0 saturated heterocycles. The fourth-order valence-electron chi connectivity index (χ4n) is 2.27. The van der Waals surface area contributed by atoms with Crippen LogP contribution in [0.15, 0.2) is 24.3 Å². The zero-order chi connectivity index (χ0) is 13.4. The molecule has 2 aromatic rings. The molecule has 0 bridgehead atoms. The van der Waals surface area contributed by atoms with Crippen LogP contribution in [0.5, 0.6) is 5.75 Å². The quantitative estimate of drug-likeness (QED) is 0.886. The van der Waals surface area contributed by atoms with Crippen molar-refractivity contribution in [3.8, 4) is 5.75 Å². The van der Waals surface area contributed by atoms with E-state index in [1.165, 1.54) is 11.3 Å².